The number of anilines is 1. The van der Waals surface area contributed by atoms with E-state index in [1.165, 1.54) is 0 Å². The van der Waals surface area contributed by atoms with Gasteiger partial charge in [-0.2, -0.15) is 0 Å². The van der Waals surface area contributed by atoms with Gasteiger partial charge < -0.3 is 25.6 Å². The Kier molecular flexibility index (Phi) is 7.79. The molecule has 30 heavy (non-hydrogen) atoms. The molecular weight excluding hydrogens is 384 g/mol. The lowest BCUT2D eigenvalue weighted by molar-refractivity contribution is -0.144. The lowest BCUT2D eigenvalue weighted by atomic mass is 10.2. The topological polar surface area (TPSA) is 99.8 Å². The Morgan fingerprint density at radius 3 is 2.53 bits per heavy atom. The van der Waals surface area contributed by atoms with Crippen molar-refractivity contribution in [3.8, 4) is 0 Å². The first-order chi connectivity index (χ1) is 14.6. The molecule has 1 saturated heterocycles. The van der Waals surface area contributed by atoms with Crippen molar-refractivity contribution in [2.24, 2.45) is 0 Å². The molecule has 8 nitrogen and oxygen atoms in total. The molecule has 3 amide bonds. The number of carbonyl (C=O) groups is 3. The van der Waals surface area contributed by atoms with Crippen LogP contribution >= 0.6 is 0 Å². The lowest BCUT2D eigenvalue weighted by Gasteiger charge is -2.27. The number of benzene rings is 2. The number of nitrogens with zero attached hydrogens (tertiary/aromatic N) is 1. The Labute approximate surface area is 175 Å². The minimum Gasteiger partial charge on any atom is -0.461 e. The van der Waals surface area contributed by atoms with E-state index < -0.39 is 0 Å². The lowest BCUT2D eigenvalue weighted by Crippen LogP contribution is -2.48. The van der Waals surface area contributed by atoms with Crippen LogP contribution < -0.4 is 16.0 Å². The molecule has 0 atom stereocenters. The predicted octanol–water partition coefficient (Wildman–Crippen LogP) is 1.99. The van der Waals surface area contributed by atoms with E-state index in [0.29, 0.717) is 24.3 Å². The van der Waals surface area contributed by atoms with Crippen LogP contribution in [0.25, 0.3) is 0 Å². The third kappa shape index (κ3) is 6.59. The van der Waals surface area contributed by atoms with Crippen molar-refractivity contribution in [1.82, 2.24) is 15.5 Å². The average molecular weight is 410 g/mol. The number of hydrogen-bond acceptors (Lipinski definition) is 5. The zero-order chi connectivity index (χ0) is 21.2. The smallest absolute Gasteiger partial charge is 0.321 e. The third-order valence-electron chi connectivity index (χ3n) is 4.64. The largest absolute Gasteiger partial charge is 0.461 e. The summed E-state index contributed by atoms with van der Waals surface area (Å²) in [5.41, 5.74) is 1.87. The van der Waals surface area contributed by atoms with E-state index in [2.05, 4.69) is 16.0 Å². The van der Waals surface area contributed by atoms with Gasteiger partial charge in [0, 0.05) is 44.0 Å². The summed E-state index contributed by atoms with van der Waals surface area (Å²) >= 11 is 0. The Morgan fingerprint density at radius 2 is 1.77 bits per heavy atom. The molecule has 0 saturated carbocycles. The molecular formula is C22H26N4O4. The summed E-state index contributed by atoms with van der Waals surface area (Å²) < 4.78 is 5.19. The summed E-state index contributed by atoms with van der Waals surface area (Å²) in [5, 5.41) is 8.71. The normalized spacial score (nSPS) is 13.4. The first-order valence-corrected chi connectivity index (χ1v) is 9.96. The van der Waals surface area contributed by atoms with Crippen LogP contribution in [0.15, 0.2) is 54.6 Å². The van der Waals surface area contributed by atoms with Crippen LogP contribution in [-0.2, 0) is 16.1 Å². The maximum absolute atomic E-state index is 12.4. The van der Waals surface area contributed by atoms with E-state index in [1.807, 2.05) is 30.3 Å². The Morgan fingerprint density at radius 1 is 1.00 bits per heavy atom. The van der Waals surface area contributed by atoms with E-state index in [1.54, 1.807) is 29.2 Å². The van der Waals surface area contributed by atoms with Gasteiger partial charge in [-0.3, -0.25) is 9.59 Å². The number of amides is 3. The minimum atomic E-state index is -0.379. The van der Waals surface area contributed by atoms with Crippen molar-refractivity contribution in [3.63, 3.8) is 0 Å². The highest BCUT2D eigenvalue weighted by Crippen LogP contribution is 2.12. The molecule has 8 heteroatoms. The Bertz CT molecular complexity index is 866. The van der Waals surface area contributed by atoms with Gasteiger partial charge in [0.2, 0.25) is 0 Å². The quantitative estimate of drug-likeness (QED) is 0.606. The maximum Gasteiger partial charge on any atom is 0.321 e. The molecule has 158 valence electrons. The highest BCUT2D eigenvalue weighted by Gasteiger charge is 2.16. The van der Waals surface area contributed by atoms with Gasteiger partial charge in [-0.15, -0.1) is 0 Å². The monoisotopic (exact) mass is 410 g/mol. The molecule has 1 heterocycles. The molecule has 1 fully saturated rings. The second-order valence-corrected chi connectivity index (χ2v) is 6.90. The summed E-state index contributed by atoms with van der Waals surface area (Å²) in [6.45, 7) is 3.21. The van der Waals surface area contributed by atoms with Crippen molar-refractivity contribution in [3.05, 3.63) is 65.7 Å². The molecule has 3 N–H and O–H groups in total. The molecule has 0 spiro atoms. The van der Waals surface area contributed by atoms with Crippen molar-refractivity contribution in [1.29, 1.82) is 0 Å². The molecule has 0 unspecified atom stereocenters. The first kappa shape index (κ1) is 21.3. The van der Waals surface area contributed by atoms with E-state index in [4.69, 9.17) is 4.74 Å². The van der Waals surface area contributed by atoms with Gasteiger partial charge in [0.25, 0.3) is 5.91 Å². The SMILES string of the molecule is O=C(CCNC(=O)c1cccc(NC(=O)N2CCNCC2)c1)OCc1ccccc1. The van der Waals surface area contributed by atoms with Crippen LogP contribution in [0, 0.1) is 0 Å². The number of piperazine rings is 1. The second kappa shape index (κ2) is 11.0. The summed E-state index contributed by atoms with van der Waals surface area (Å²) in [7, 11) is 0. The van der Waals surface area contributed by atoms with Crippen molar-refractivity contribution in [2.45, 2.75) is 13.0 Å². The van der Waals surface area contributed by atoms with Crippen LogP contribution in [-0.4, -0.2) is 55.5 Å². The maximum atomic E-state index is 12.4. The van der Waals surface area contributed by atoms with Gasteiger partial charge in [-0.05, 0) is 23.8 Å². The number of ether oxygens (including phenoxy) is 1. The molecule has 0 bridgehead atoms. The second-order valence-electron chi connectivity index (χ2n) is 6.90. The summed E-state index contributed by atoms with van der Waals surface area (Å²) in [6, 6.07) is 15.9. The number of urea groups is 1. The average Bonchev–Trinajstić information content (AvgIpc) is 2.79. The highest BCUT2D eigenvalue weighted by molar-refractivity contribution is 5.97. The Balaban J connectivity index is 1.42. The minimum absolute atomic E-state index is 0.0813. The van der Waals surface area contributed by atoms with Crippen molar-refractivity contribution < 1.29 is 19.1 Å². The standard InChI is InChI=1S/C22H26N4O4/c27-20(30-16-17-5-2-1-3-6-17)9-10-24-21(28)18-7-4-8-19(15-18)25-22(29)26-13-11-23-12-14-26/h1-8,15,23H,9-14,16H2,(H,24,28)(H,25,29). The highest BCUT2D eigenvalue weighted by atomic mass is 16.5. The summed E-state index contributed by atoms with van der Waals surface area (Å²) in [6.07, 6.45) is 0.0813. The van der Waals surface area contributed by atoms with Gasteiger partial charge in [0.05, 0.1) is 6.42 Å². The van der Waals surface area contributed by atoms with Crippen LogP contribution in [0.4, 0.5) is 10.5 Å². The fourth-order valence-electron chi connectivity index (χ4n) is 3.00. The Hall–Kier alpha value is -3.39. The molecule has 3 rings (SSSR count). The zero-order valence-corrected chi connectivity index (χ0v) is 16.7. The van der Waals surface area contributed by atoms with E-state index in [-0.39, 0.29) is 37.5 Å². The van der Waals surface area contributed by atoms with E-state index in [9.17, 15) is 14.4 Å². The van der Waals surface area contributed by atoms with Gasteiger partial charge in [0.1, 0.15) is 6.61 Å². The van der Waals surface area contributed by atoms with Crippen LogP contribution in [0.3, 0.4) is 0 Å². The molecule has 1 aliphatic heterocycles. The van der Waals surface area contributed by atoms with Crippen molar-refractivity contribution >= 4 is 23.6 Å². The van der Waals surface area contributed by atoms with Gasteiger partial charge in [-0.1, -0.05) is 36.4 Å². The molecule has 0 aliphatic carbocycles. The number of esters is 1. The van der Waals surface area contributed by atoms with Gasteiger partial charge in [0.15, 0.2) is 0 Å². The zero-order valence-electron chi connectivity index (χ0n) is 16.7. The van der Waals surface area contributed by atoms with Crippen LogP contribution in [0.2, 0.25) is 0 Å². The number of nitrogens with one attached hydrogen (secondary N) is 3. The predicted molar refractivity (Wildman–Crippen MR) is 113 cm³/mol. The molecule has 0 aromatic heterocycles. The first-order valence-electron chi connectivity index (χ1n) is 9.96. The molecule has 2 aromatic rings. The van der Waals surface area contributed by atoms with Crippen LogP contribution in [0.5, 0.6) is 0 Å². The van der Waals surface area contributed by atoms with E-state index in [0.717, 1.165) is 18.7 Å². The fraction of sp³-hybridized carbons (Fsp3) is 0.318. The van der Waals surface area contributed by atoms with E-state index >= 15 is 0 Å². The summed E-state index contributed by atoms with van der Waals surface area (Å²) in [4.78, 5) is 38.2. The third-order valence-corrected chi connectivity index (χ3v) is 4.64. The number of hydrogen-bond donors (Lipinski definition) is 3. The molecule has 1 aliphatic rings. The van der Waals surface area contributed by atoms with Crippen molar-refractivity contribution in [2.75, 3.05) is 38.0 Å². The van der Waals surface area contributed by atoms with Gasteiger partial charge >= 0.3 is 12.0 Å². The van der Waals surface area contributed by atoms with Gasteiger partial charge in [-0.25, -0.2) is 4.79 Å². The fourth-order valence-corrected chi connectivity index (χ4v) is 3.00. The summed E-state index contributed by atoms with van der Waals surface area (Å²) in [5.74, 6) is -0.694. The molecule has 0 radical (unpaired) electrons. The number of carbonyl (C=O) groups excluding carboxylic acids is 3. The number of rotatable bonds is 7. The van der Waals surface area contributed by atoms with Crippen LogP contribution in [0.1, 0.15) is 22.3 Å². The molecule has 2 aromatic carbocycles.